The number of aryl methyl sites for hydroxylation is 1. The summed E-state index contributed by atoms with van der Waals surface area (Å²) in [4.78, 5) is 12.7. The molecule has 0 aliphatic carbocycles. The Bertz CT molecular complexity index is 957. The average molecular weight is 467 g/mol. The molecule has 1 heterocycles. The number of thioether (sulfide) groups is 1. The van der Waals surface area contributed by atoms with Crippen LogP contribution in [0.25, 0.3) is 0 Å². The van der Waals surface area contributed by atoms with E-state index >= 15 is 0 Å². The molecule has 30 heavy (non-hydrogen) atoms. The van der Waals surface area contributed by atoms with Gasteiger partial charge in [-0.2, -0.15) is 16.1 Å². The van der Waals surface area contributed by atoms with Gasteiger partial charge >= 0.3 is 0 Å². The lowest BCUT2D eigenvalue weighted by molar-refractivity contribution is -0.125. The molecule has 162 valence electrons. The molecule has 5 nitrogen and oxygen atoms in total. The minimum atomic E-state index is -3.54. The molecule has 2 aromatic carbocycles. The number of amides is 1. The van der Waals surface area contributed by atoms with Gasteiger partial charge in [0, 0.05) is 42.1 Å². The number of carbonyl (C=O) groups excluding carboxylic acids is 1. The van der Waals surface area contributed by atoms with E-state index in [4.69, 9.17) is 11.6 Å². The second kappa shape index (κ2) is 10.7. The van der Waals surface area contributed by atoms with Gasteiger partial charge < -0.3 is 5.32 Å². The van der Waals surface area contributed by atoms with Gasteiger partial charge in [0.25, 0.3) is 0 Å². The van der Waals surface area contributed by atoms with E-state index in [1.807, 2.05) is 0 Å². The second-order valence-electron chi connectivity index (χ2n) is 7.46. The summed E-state index contributed by atoms with van der Waals surface area (Å²) >= 11 is 7.64. The lowest BCUT2D eigenvalue weighted by atomic mass is 9.97. The highest BCUT2D eigenvalue weighted by atomic mass is 35.5. The third kappa shape index (κ3) is 6.23. The van der Waals surface area contributed by atoms with Crippen molar-refractivity contribution in [1.82, 2.24) is 9.62 Å². The lowest BCUT2D eigenvalue weighted by Gasteiger charge is -2.30. The maximum Gasteiger partial charge on any atom is 0.243 e. The monoisotopic (exact) mass is 466 g/mol. The summed E-state index contributed by atoms with van der Waals surface area (Å²) in [6.45, 7) is 3.41. The summed E-state index contributed by atoms with van der Waals surface area (Å²) in [7, 11) is -3.54. The van der Waals surface area contributed by atoms with Gasteiger partial charge in [0.05, 0.1) is 4.90 Å². The van der Waals surface area contributed by atoms with Crippen molar-refractivity contribution in [3.05, 3.63) is 64.7 Å². The molecule has 1 saturated heterocycles. The third-order valence-electron chi connectivity index (χ3n) is 5.17. The van der Waals surface area contributed by atoms with Crippen molar-refractivity contribution >= 4 is 39.3 Å². The van der Waals surface area contributed by atoms with Crippen LogP contribution in [0.1, 0.15) is 24.0 Å². The molecule has 1 fully saturated rings. The third-order valence-corrected chi connectivity index (χ3v) is 8.37. The van der Waals surface area contributed by atoms with Gasteiger partial charge in [-0.15, -0.1) is 0 Å². The van der Waals surface area contributed by atoms with Crippen LogP contribution < -0.4 is 5.32 Å². The molecule has 0 radical (unpaired) electrons. The smallest absolute Gasteiger partial charge is 0.243 e. The number of halogens is 1. The fourth-order valence-electron chi connectivity index (χ4n) is 3.50. The van der Waals surface area contributed by atoms with Crippen LogP contribution in [-0.2, 0) is 20.6 Å². The van der Waals surface area contributed by atoms with E-state index in [1.54, 1.807) is 23.9 Å². The number of sulfonamides is 1. The first-order valence-electron chi connectivity index (χ1n) is 10.0. The van der Waals surface area contributed by atoms with Crippen LogP contribution in [-0.4, -0.2) is 44.0 Å². The van der Waals surface area contributed by atoms with Gasteiger partial charge in [-0.05, 0) is 49.6 Å². The Morgan fingerprint density at radius 2 is 1.87 bits per heavy atom. The van der Waals surface area contributed by atoms with Crippen molar-refractivity contribution in [2.24, 2.45) is 5.92 Å². The Balaban J connectivity index is 1.39. The first-order valence-corrected chi connectivity index (χ1v) is 13.0. The Morgan fingerprint density at radius 3 is 2.53 bits per heavy atom. The predicted octanol–water partition coefficient (Wildman–Crippen LogP) is 4.10. The number of rotatable bonds is 8. The zero-order valence-corrected chi connectivity index (χ0v) is 19.4. The molecule has 1 amide bonds. The lowest BCUT2D eigenvalue weighted by Crippen LogP contribution is -2.43. The molecule has 0 unspecified atom stereocenters. The first-order chi connectivity index (χ1) is 14.4. The maximum atomic E-state index is 12.7. The Labute approximate surface area is 188 Å². The minimum absolute atomic E-state index is 0.0229. The minimum Gasteiger partial charge on any atom is -0.355 e. The molecule has 0 spiro atoms. The highest BCUT2D eigenvalue weighted by Crippen LogP contribution is 2.25. The van der Waals surface area contributed by atoms with Gasteiger partial charge in [0.1, 0.15) is 0 Å². The largest absolute Gasteiger partial charge is 0.355 e. The van der Waals surface area contributed by atoms with Gasteiger partial charge in [-0.3, -0.25) is 4.79 Å². The Hall–Kier alpha value is -1.54. The van der Waals surface area contributed by atoms with Crippen LogP contribution >= 0.6 is 23.4 Å². The SMILES string of the molecule is Cc1cccc(CSCCNC(=O)C2CCN(S(=O)(=O)c3ccc(Cl)cc3)CC2)c1. The quantitative estimate of drug-likeness (QED) is 0.595. The molecule has 1 aliphatic rings. The van der Waals surface area contributed by atoms with E-state index < -0.39 is 10.0 Å². The van der Waals surface area contributed by atoms with E-state index in [2.05, 4.69) is 36.5 Å². The van der Waals surface area contributed by atoms with Crippen molar-refractivity contribution in [1.29, 1.82) is 0 Å². The highest BCUT2D eigenvalue weighted by Gasteiger charge is 2.31. The van der Waals surface area contributed by atoms with Crippen LogP contribution in [0.3, 0.4) is 0 Å². The number of hydrogen-bond donors (Lipinski definition) is 1. The van der Waals surface area contributed by atoms with Crippen molar-refractivity contribution in [2.45, 2.75) is 30.4 Å². The molecule has 0 bridgehead atoms. The summed E-state index contributed by atoms with van der Waals surface area (Å²) in [5.74, 6) is 1.67. The molecule has 0 saturated carbocycles. The number of nitrogens with zero attached hydrogens (tertiary/aromatic N) is 1. The van der Waals surface area contributed by atoms with Gasteiger partial charge in [-0.1, -0.05) is 41.4 Å². The molecular weight excluding hydrogens is 440 g/mol. The van der Waals surface area contributed by atoms with Crippen LogP contribution in [0.5, 0.6) is 0 Å². The van der Waals surface area contributed by atoms with Crippen molar-refractivity contribution < 1.29 is 13.2 Å². The van der Waals surface area contributed by atoms with Gasteiger partial charge in [-0.25, -0.2) is 8.42 Å². The fraction of sp³-hybridized carbons (Fsp3) is 0.409. The number of piperidine rings is 1. The predicted molar refractivity (Wildman–Crippen MR) is 123 cm³/mol. The van der Waals surface area contributed by atoms with Gasteiger partial charge in [0.15, 0.2) is 0 Å². The Morgan fingerprint density at radius 1 is 1.17 bits per heavy atom. The normalized spacial score (nSPS) is 15.8. The summed E-state index contributed by atoms with van der Waals surface area (Å²) < 4.78 is 26.9. The van der Waals surface area contributed by atoms with Gasteiger partial charge in [0.2, 0.25) is 15.9 Å². The highest BCUT2D eigenvalue weighted by molar-refractivity contribution is 7.98. The average Bonchev–Trinajstić information content (AvgIpc) is 2.74. The van der Waals surface area contributed by atoms with Crippen molar-refractivity contribution in [3.8, 4) is 0 Å². The number of carbonyl (C=O) groups is 1. The zero-order valence-electron chi connectivity index (χ0n) is 17.0. The van der Waals surface area contributed by atoms with E-state index in [0.717, 1.165) is 11.5 Å². The van der Waals surface area contributed by atoms with Crippen molar-refractivity contribution in [2.75, 3.05) is 25.4 Å². The molecule has 0 aromatic heterocycles. The molecule has 2 aromatic rings. The van der Waals surface area contributed by atoms with Crippen LogP contribution in [0.4, 0.5) is 0 Å². The van der Waals surface area contributed by atoms with Crippen molar-refractivity contribution in [3.63, 3.8) is 0 Å². The standard InChI is InChI=1S/C22H27ClN2O3S2/c1-17-3-2-4-18(15-17)16-29-14-11-24-22(26)19-9-12-25(13-10-19)30(27,28)21-7-5-20(23)6-8-21/h2-8,15,19H,9-14,16H2,1H3,(H,24,26). The summed E-state index contributed by atoms with van der Waals surface area (Å²) in [5.41, 5.74) is 2.55. The summed E-state index contributed by atoms with van der Waals surface area (Å²) in [6.07, 6.45) is 1.07. The van der Waals surface area contributed by atoms with Crippen LogP contribution in [0.2, 0.25) is 5.02 Å². The van der Waals surface area contributed by atoms with Crippen LogP contribution in [0, 0.1) is 12.8 Å². The van der Waals surface area contributed by atoms with Crippen LogP contribution in [0.15, 0.2) is 53.4 Å². The van der Waals surface area contributed by atoms with E-state index in [1.165, 1.54) is 27.6 Å². The number of nitrogens with one attached hydrogen (secondary N) is 1. The molecule has 1 N–H and O–H groups in total. The topological polar surface area (TPSA) is 66.5 Å². The zero-order chi connectivity index (χ0) is 21.6. The second-order valence-corrected chi connectivity index (χ2v) is 10.9. The molecule has 3 rings (SSSR count). The van der Waals surface area contributed by atoms with E-state index in [9.17, 15) is 13.2 Å². The Kier molecular flexibility index (Phi) is 8.22. The molecule has 1 aliphatic heterocycles. The molecule has 0 atom stereocenters. The van der Waals surface area contributed by atoms with E-state index in [0.29, 0.717) is 37.5 Å². The maximum absolute atomic E-state index is 12.7. The summed E-state index contributed by atoms with van der Waals surface area (Å²) in [5, 5.41) is 3.50. The number of hydrogen-bond acceptors (Lipinski definition) is 4. The number of benzene rings is 2. The first kappa shape index (κ1) is 23.1. The fourth-order valence-corrected chi connectivity index (χ4v) is 5.90. The molecule has 8 heteroatoms. The summed E-state index contributed by atoms with van der Waals surface area (Å²) in [6, 6.07) is 14.6. The van der Waals surface area contributed by atoms with E-state index in [-0.39, 0.29) is 16.7 Å². The molecular formula is C22H27ClN2O3S2.